The van der Waals surface area contributed by atoms with Gasteiger partial charge in [0.2, 0.25) is 0 Å². The Bertz CT molecular complexity index is 713. The maximum Gasteiger partial charge on any atom is 0.165 e. The topological polar surface area (TPSA) is 51.1 Å². The molecule has 0 aromatic heterocycles. The van der Waals surface area contributed by atoms with E-state index in [-0.39, 0.29) is 12.4 Å². The molecule has 0 aliphatic carbocycles. The van der Waals surface area contributed by atoms with Gasteiger partial charge in [-0.3, -0.25) is 0 Å². The molecule has 1 N–H and O–H groups in total. The van der Waals surface area contributed by atoms with Crippen molar-refractivity contribution in [2.45, 2.75) is 13.0 Å². The van der Waals surface area contributed by atoms with Gasteiger partial charge >= 0.3 is 0 Å². The second kappa shape index (κ2) is 7.98. The predicted molar refractivity (Wildman–Crippen MR) is 87.0 cm³/mol. The molecule has 0 radical (unpaired) electrons. The van der Waals surface area contributed by atoms with Gasteiger partial charge in [0.15, 0.2) is 11.5 Å². The van der Waals surface area contributed by atoms with Crippen molar-refractivity contribution in [3.05, 3.63) is 71.6 Å². The number of ether oxygens (including phenoxy) is 2. The first-order valence-corrected chi connectivity index (χ1v) is 7.04. The Hall–Kier alpha value is -2.82. The zero-order chi connectivity index (χ0) is 16.7. The van der Waals surface area contributed by atoms with Crippen molar-refractivity contribution in [1.82, 2.24) is 0 Å². The lowest BCUT2D eigenvalue weighted by Gasteiger charge is -2.15. The highest BCUT2D eigenvalue weighted by molar-refractivity contribution is 5.81. The molecule has 0 atom stereocenters. The van der Waals surface area contributed by atoms with Crippen molar-refractivity contribution in [1.29, 1.82) is 0 Å². The Kier molecular flexibility index (Phi) is 5.74. The van der Waals surface area contributed by atoms with Crippen LogP contribution >= 0.6 is 0 Å². The summed E-state index contributed by atoms with van der Waals surface area (Å²) in [6.45, 7) is 3.94. The van der Waals surface area contributed by atoms with Crippen LogP contribution in [0.5, 0.6) is 11.5 Å². The van der Waals surface area contributed by atoms with Crippen molar-refractivity contribution < 1.29 is 19.1 Å². The Balaban J connectivity index is 2.32. The zero-order valence-electron chi connectivity index (χ0n) is 12.8. The van der Waals surface area contributed by atoms with Crippen LogP contribution in [0.3, 0.4) is 0 Å². The third-order valence-corrected chi connectivity index (χ3v) is 3.22. The summed E-state index contributed by atoms with van der Waals surface area (Å²) in [5.41, 5.74) is 2.24. The molecule has 2 aromatic carbocycles. The van der Waals surface area contributed by atoms with Crippen molar-refractivity contribution in [2.24, 2.45) is 5.16 Å². The second-order valence-electron chi connectivity index (χ2n) is 4.87. The third kappa shape index (κ3) is 4.32. The normalized spacial score (nSPS) is 10.7. The Labute approximate surface area is 134 Å². The van der Waals surface area contributed by atoms with E-state index >= 15 is 0 Å². The van der Waals surface area contributed by atoms with Crippen molar-refractivity contribution >= 4 is 6.21 Å². The first-order chi connectivity index (χ1) is 11.2. The zero-order valence-corrected chi connectivity index (χ0v) is 12.8. The third-order valence-electron chi connectivity index (χ3n) is 3.22. The molecule has 0 aliphatic heterocycles. The maximum atomic E-state index is 13.2. The van der Waals surface area contributed by atoms with Crippen LogP contribution in [0.4, 0.5) is 4.39 Å². The van der Waals surface area contributed by atoms with E-state index in [1.54, 1.807) is 24.3 Å². The highest BCUT2D eigenvalue weighted by Gasteiger charge is 2.12. The molecule has 23 heavy (non-hydrogen) atoms. The molecule has 0 spiro atoms. The van der Waals surface area contributed by atoms with Gasteiger partial charge in [0, 0.05) is 11.1 Å². The van der Waals surface area contributed by atoms with Gasteiger partial charge < -0.3 is 14.7 Å². The number of benzene rings is 2. The molecule has 0 amide bonds. The summed E-state index contributed by atoms with van der Waals surface area (Å²) in [4.78, 5) is 0. The summed E-state index contributed by atoms with van der Waals surface area (Å²) < 4.78 is 24.4. The fourth-order valence-electron chi connectivity index (χ4n) is 2.23. The largest absolute Gasteiger partial charge is 0.493 e. The lowest BCUT2D eigenvalue weighted by Crippen LogP contribution is -2.02. The first kappa shape index (κ1) is 16.5. The minimum Gasteiger partial charge on any atom is -0.493 e. The molecule has 0 unspecified atom stereocenters. The van der Waals surface area contributed by atoms with Crippen LogP contribution in [-0.4, -0.2) is 18.5 Å². The number of nitrogens with zero attached hydrogens (tertiary/aromatic N) is 1. The van der Waals surface area contributed by atoms with Gasteiger partial charge in [-0.1, -0.05) is 23.4 Å². The van der Waals surface area contributed by atoms with Crippen LogP contribution in [0, 0.1) is 5.82 Å². The molecule has 2 aromatic rings. The van der Waals surface area contributed by atoms with Crippen LogP contribution in [0.1, 0.15) is 16.7 Å². The molecule has 0 bridgehead atoms. The van der Waals surface area contributed by atoms with Gasteiger partial charge in [0.1, 0.15) is 12.4 Å². The summed E-state index contributed by atoms with van der Waals surface area (Å²) in [5, 5.41) is 11.7. The number of methoxy groups -OCH3 is 1. The number of hydrogen-bond donors (Lipinski definition) is 1. The highest BCUT2D eigenvalue weighted by Crippen LogP contribution is 2.34. The summed E-state index contributed by atoms with van der Waals surface area (Å²) >= 11 is 0. The molecule has 0 saturated carbocycles. The molecular weight excluding hydrogens is 297 g/mol. The van der Waals surface area contributed by atoms with Gasteiger partial charge in [0.05, 0.1) is 13.3 Å². The highest BCUT2D eigenvalue weighted by atomic mass is 19.1. The van der Waals surface area contributed by atoms with E-state index in [4.69, 9.17) is 14.7 Å². The van der Waals surface area contributed by atoms with E-state index < -0.39 is 0 Å². The van der Waals surface area contributed by atoms with Crippen LogP contribution in [0.25, 0.3) is 0 Å². The fraction of sp³-hybridized carbons (Fsp3) is 0.167. The number of halogens is 1. The van der Waals surface area contributed by atoms with E-state index in [1.165, 1.54) is 25.5 Å². The minimum absolute atomic E-state index is 0.214. The molecule has 0 fully saturated rings. The van der Waals surface area contributed by atoms with Crippen LogP contribution in [-0.2, 0) is 13.0 Å². The standard InChI is InChI=1S/C18H18FNO3/c1-3-5-15-8-14(11-20-21)10-17(22-2)18(15)23-12-13-6-4-7-16(19)9-13/h3-4,6-11,21H,1,5,12H2,2H3/b20-11-. The maximum absolute atomic E-state index is 13.2. The molecular formula is C18H18FNO3. The van der Waals surface area contributed by atoms with Crippen LogP contribution < -0.4 is 9.47 Å². The number of hydrogen-bond acceptors (Lipinski definition) is 4. The van der Waals surface area contributed by atoms with E-state index in [0.717, 1.165) is 11.1 Å². The molecule has 4 nitrogen and oxygen atoms in total. The van der Waals surface area contributed by atoms with Crippen LogP contribution in [0.15, 0.2) is 54.2 Å². The Morgan fingerprint density at radius 2 is 2.13 bits per heavy atom. The van der Waals surface area contributed by atoms with E-state index in [9.17, 15) is 4.39 Å². The monoisotopic (exact) mass is 315 g/mol. The number of allylic oxidation sites excluding steroid dienone is 1. The number of oxime groups is 1. The predicted octanol–water partition coefficient (Wildman–Crippen LogP) is 3.95. The second-order valence-corrected chi connectivity index (χ2v) is 4.87. The van der Waals surface area contributed by atoms with Crippen LogP contribution in [0.2, 0.25) is 0 Å². The summed E-state index contributed by atoms with van der Waals surface area (Å²) in [6, 6.07) is 9.76. The summed E-state index contributed by atoms with van der Waals surface area (Å²) in [5.74, 6) is 0.765. The average molecular weight is 315 g/mol. The summed E-state index contributed by atoms with van der Waals surface area (Å²) in [6.07, 6.45) is 3.61. The van der Waals surface area contributed by atoms with E-state index in [2.05, 4.69) is 11.7 Å². The molecule has 120 valence electrons. The average Bonchev–Trinajstić information content (AvgIpc) is 2.54. The SMILES string of the molecule is C=CCc1cc(/C=N\O)cc(OC)c1OCc1cccc(F)c1. The molecule has 2 rings (SSSR count). The fourth-order valence-corrected chi connectivity index (χ4v) is 2.23. The lowest BCUT2D eigenvalue weighted by atomic mass is 10.1. The minimum atomic E-state index is -0.307. The summed E-state index contributed by atoms with van der Waals surface area (Å²) in [7, 11) is 1.53. The molecule has 0 heterocycles. The number of rotatable bonds is 7. The molecule has 5 heteroatoms. The van der Waals surface area contributed by atoms with E-state index in [1.807, 2.05) is 6.07 Å². The molecule has 0 aliphatic rings. The van der Waals surface area contributed by atoms with Crippen molar-refractivity contribution in [3.8, 4) is 11.5 Å². The smallest absolute Gasteiger partial charge is 0.165 e. The van der Waals surface area contributed by atoms with Gasteiger partial charge in [-0.05, 0) is 36.2 Å². The Morgan fingerprint density at radius 1 is 1.30 bits per heavy atom. The van der Waals surface area contributed by atoms with Crippen molar-refractivity contribution in [2.75, 3.05) is 7.11 Å². The van der Waals surface area contributed by atoms with Gasteiger partial charge in [0.25, 0.3) is 0 Å². The Morgan fingerprint density at radius 3 is 2.78 bits per heavy atom. The quantitative estimate of drug-likeness (QED) is 0.364. The van der Waals surface area contributed by atoms with Gasteiger partial charge in [-0.2, -0.15) is 0 Å². The van der Waals surface area contributed by atoms with E-state index in [0.29, 0.717) is 23.5 Å². The van der Waals surface area contributed by atoms with Gasteiger partial charge in [-0.15, -0.1) is 6.58 Å². The molecule has 0 saturated heterocycles. The van der Waals surface area contributed by atoms with Crippen molar-refractivity contribution in [3.63, 3.8) is 0 Å². The van der Waals surface area contributed by atoms with Gasteiger partial charge in [-0.25, -0.2) is 4.39 Å². The lowest BCUT2D eigenvalue weighted by molar-refractivity contribution is 0.281. The first-order valence-electron chi connectivity index (χ1n) is 7.04.